The fourth-order valence-electron chi connectivity index (χ4n) is 13.0. The summed E-state index contributed by atoms with van der Waals surface area (Å²) in [5.41, 5.74) is 0. The van der Waals surface area contributed by atoms with Crippen molar-refractivity contribution >= 4 is 51.2 Å². The summed E-state index contributed by atoms with van der Waals surface area (Å²) in [6.07, 6.45) is 53.5. The predicted octanol–water partition coefficient (Wildman–Crippen LogP) is 21.6. The minimum Gasteiger partial charge on any atom is -0.462 e. The number of ether oxygens (including phenoxy) is 4. The first-order valence-corrected chi connectivity index (χ1v) is 50.8. The van der Waals surface area contributed by atoms with Gasteiger partial charge in [0.25, 0.3) is 0 Å². The Morgan fingerprint density at radius 3 is 0.968 bits per heavy atom. The lowest BCUT2D eigenvalue weighted by Crippen LogP contribution is -2.41. The van der Waals surface area contributed by atoms with Crippen molar-refractivity contribution in [3.05, 3.63) is 25.3 Å². The van der Waals surface area contributed by atoms with Gasteiger partial charge in [-0.3, -0.25) is 55.9 Å². The number of unbranched alkanes of at least 4 members (excludes halogenated alkanes) is 40. The first-order chi connectivity index (χ1) is 61.0. The second-order valence-corrected chi connectivity index (χ2v) is 35.0. The van der Waals surface area contributed by atoms with E-state index in [1.807, 2.05) is 0 Å². The van der Waals surface area contributed by atoms with Crippen LogP contribution in [0.2, 0.25) is 0 Å². The highest BCUT2D eigenvalue weighted by Gasteiger charge is 2.31. The fraction of sp³-hybridized carbons (Fsp3) is 0.743. The molecule has 4 amide bonds. The van der Waals surface area contributed by atoms with Gasteiger partial charge in [0.2, 0.25) is 23.6 Å². The Morgan fingerprint density at radius 2 is 0.624 bits per heavy atom. The number of rotatable bonds is 86. The monoisotopic (exact) mass is 1780 g/mol. The number of phosphoric acid groups is 2. The van der Waals surface area contributed by atoms with Gasteiger partial charge in [0.1, 0.15) is 12.5 Å². The lowest BCUT2D eigenvalue weighted by molar-refractivity contribution is -0.151. The molecular formula is C101H162N4O18P2. The number of esters is 2. The molecule has 704 valence electrons. The molecule has 0 aliphatic rings. The van der Waals surface area contributed by atoms with Crippen LogP contribution in [-0.2, 0) is 84.0 Å². The summed E-state index contributed by atoms with van der Waals surface area (Å²) in [5, 5.41) is 11.1. The van der Waals surface area contributed by atoms with Gasteiger partial charge in [-0.25, -0.2) is 9.13 Å². The van der Waals surface area contributed by atoms with Crippen molar-refractivity contribution in [3.8, 4) is 94.7 Å². The van der Waals surface area contributed by atoms with E-state index in [0.29, 0.717) is 38.5 Å². The summed E-state index contributed by atoms with van der Waals surface area (Å²) in [5.74, 6) is 39.2. The maximum absolute atomic E-state index is 14.2. The Morgan fingerprint density at radius 1 is 0.320 bits per heavy atom. The number of hydrogen-bond donors (Lipinski definition) is 4. The van der Waals surface area contributed by atoms with Crippen molar-refractivity contribution in [2.45, 2.75) is 406 Å². The van der Waals surface area contributed by atoms with E-state index in [4.69, 9.17) is 46.1 Å². The lowest BCUT2D eigenvalue weighted by Gasteiger charge is -2.23. The predicted molar refractivity (Wildman–Crippen MR) is 504 cm³/mol. The highest BCUT2D eigenvalue weighted by atomic mass is 31.2. The topological polar surface area (TPSA) is 277 Å². The zero-order valence-electron chi connectivity index (χ0n) is 78.1. The maximum atomic E-state index is 14.2. The van der Waals surface area contributed by atoms with E-state index in [1.54, 1.807) is 6.92 Å². The van der Waals surface area contributed by atoms with Crippen LogP contribution < -0.4 is 21.3 Å². The van der Waals surface area contributed by atoms with Crippen LogP contribution in [0.3, 0.4) is 0 Å². The lowest BCUT2D eigenvalue weighted by atomic mass is 10.1. The molecule has 0 radical (unpaired) electrons. The van der Waals surface area contributed by atoms with Crippen LogP contribution in [-0.4, -0.2) is 139 Å². The van der Waals surface area contributed by atoms with E-state index in [1.165, 1.54) is 166 Å². The normalized spacial score (nSPS) is 12.5. The van der Waals surface area contributed by atoms with Gasteiger partial charge in [-0.2, -0.15) is 0 Å². The molecule has 0 aliphatic carbocycles. The number of phosphoric ester groups is 2. The molecule has 0 bridgehead atoms. The molecule has 0 aromatic rings. The molecule has 0 rings (SSSR count). The number of hydrogen-bond acceptors (Lipinski definition) is 18. The number of carbonyl (C=O) groups is 6. The quantitative estimate of drug-likeness (QED) is 0.0110. The molecule has 125 heavy (non-hydrogen) atoms. The Hall–Kier alpha value is -7.08. The van der Waals surface area contributed by atoms with Crippen LogP contribution in [0.4, 0.5) is 0 Å². The molecule has 0 aromatic heterocycles. The standard InChI is InChI=1S/C101H162N4O18P2/c1-9-17-23-29-34-39-42-43-44-45-48-51-54-60-66-72-95(123-101(111)76-70-64-58-50-38-33-27-21-13-5)78-84-115-89-93(105-97(107)74-68-62-56-53-47-41-36-31-25-19-11-3)91-121-125(113,117-82-16-8)119-86-80-103-99(109)87-98(108)102-79-85-118-124(112,116-81-15-7)120-90-92(104-96(106)73-67-61-55-52-46-40-35-30-24-18-10-2)88-114-83-77-94(71-65-59-28-22-14-6)122-100(110)75-69-63-57-49-37-32-26-20-12-4/h15-16,92-95H,7-8,10-14,18-22,24-28,30-33,35-38,40-41,46-47,49-50,52-53,55-59,61-65,67-71,73-91H2,1-6H3,(H,102,108)(H,103,109)(H,104,106)(H,105,107)/t92-,93+,94-,95+,124?,125?/m1/s1. The van der Waals surface area contributed by atoms with Gasteiger partial charge in [-0.05, 0) is 134 Å². The Bertz CT molecular complexity index is 3480. The third kappa shape index (κ3) is 82.4. The molecule has 0 saturated heterocycles. The van der Waals surface area contributed by atoms with E-state index >= 15 is 0 Å². The highest BCUT2D eigenvalue weighted by molar-refractivity contribution is 7.48. The average Bonchev–Trinajstić information content (AvgIpc) is 0.885. The van der Waals surface area contributed by atoms with Gasteiger partial charge < -0.3 is 40.2 Å². The molecule has 2 unspecified atom stereocenters. The number of carbonyl (C=O) groups excluding carboxylic acids is 6. The van der Waals surface area contributed by atoms with Crippen molar-refractivity contribution in [1.82, 2.24) is 21.3 Å². The van der Waals surface area contributed by atoms with Crippen molar-refractivity contribution < 1.29 is 84.0 Å². The molecule has 0 spiro atoms. The van der Waals surface area contributed by atoms with Crippen molar-refractivity contribution in [3.63, 3.8) is 0 Å². The van der Waals surface area contributed by atoms with E-state index in [9.17, 15) is 37.9 Å². The highest BCUT2D eigenvalue weighted by Crippen LogP contribution is 2.50. The Labute approximate surface area is 757 Å². The van der Waals surface area contributed by atoms with Gasteiger partial charge in [-0.15, -0.1) is 13.2 Å². The molecular weight excluding hydrogens is 1620 g/mol. The summed E-state index contributed by atoms with van der Waals surface area (Å²) in [6, 6.07) is -1.65. The fourth-order valence-corrected chi connectivity index (χ4v) is 15.4. The van der Waals surface area contributed by atoms with Crippen LogP contribution in [0.1, 0.15) is 382 Å². The molecule has 0 fully saturated rings. The molecule has 0 aromatic carbocycles. The van der Waals surface area contributed by atoms with Gasteiger partial charge in [0.05, 0.1) is 78.2 Å². The van der Waals surface area contributed by atoms with Crippen molar-refractivity contribution in [2.24, 2.45) is 0 Å². The number of amides is 4. The van der Waals surface area contributed by atoms with Crippen LogP contribution in [0.5, 0.6) is 0 Å². The van der Waals surface area contributed by atoms with Crippen molar-refractivity contribution in [2.75, 3.05) is 79.2 Å². The van der Waals surface area contributed by atoms with E-state index in [-0.39, 0.29) is 116 Å². The summed E-state index contributed by atoms with van der Waals surface area (Å²) in [6.45, 7) is 17.8. The molecule has 22 nitrogen and oxygen atoms in total. The van der Waals surface area contributed by atoms with E-state index in [2.05, 4.69) is 164 Å². The summed E-state index contributed by atoms with van der Waals surface area (Å²) in [4.78, 5) is 79.7. The maximum Gasteiger partial charge on any atom is 0.475 e. The van der Waals surface area contributed by atoms with Crippen LogP contribution in [0, 0.1) is 94.7 Å². The molecule has 4 N–H and O–H groups in total. The number of nitrogens with one attached hydrogen (secondary N) is 4. The summed E-state index contributed by atoms with van der Waals surface area (Å²) < 4.78 is 86.7. The summed E-state index contributed by atoms with van der Waals surface area (Å²) in [7, 11) is -8.80. The van der Waals surface area contributed by atoms with Crippen molar-refractivity contribution in [1.29, 1.82) is 0 Å². The molecule has 0 saturated carbocycles. The third-order valence-electron chi connectivity index (χ3n) is 20.1. The smallest absolute Gasteiger partial charge is 0.462 e. The molecule has 0 aliphatic heterocycles. The van der Waals surface area contributed by atoms with Crippen LogP contribution in [0.25, 0.3) is 0 Å². The summed E-state index contributed by atoms with van der Waals surface area (Å²) >= 11 is 0. The Balaban J connectivity index is 6.22. The SMILES string of the molecule is C=CCOP(=O)(OCCNC(=O)CC(=O)NCCOP(=O)(OCC=C)OC[C@H](COCC[C@H](C#CC#CC#CC#CC#CC#CC#CC#CC)OC(=O)CCCCCCCCCCC)NC(=O)CCCCCCCCCCCCC)OC[C@@H](COCC[C@@H](CCCCCCC)OC(=O)CCCCCCCCCCC)NC(=O)CCCCCCCCCCCCC. The largest absolute Gasteiger partial charge is 0.475 e. The molecule has 6 atom stereocenters. The average molecular weight is 1780 g/mol. The first-order valence-electron chi connectivity index (χ1n) is 47.9. The minimum absolute atomic E-state index is 0.0136. The van der Waals surface area contributed by atoms with Gasteiger partial charge in [-0.1, -0.05) is 310 Å². The third-order valence-corrected chi connectivity index (χ3v) is 22.9. The zero-order chi connectivity index (χ0) is 91.4. The minimum atomic E-state index is -4.43. The second kappa shape index (κ2) is 90.3. The second-order valence-electron chi connectivity index (χ2n) is 31.6. The van der Waals surface area contributed by atoms with E-state index < -0.39 is 71.3 Å². The van der Waals surface area contributed by atoms with Crippen LogP contribution >= 0.6 is 15.6 Å². The zero-order valence-corrected chi connectivity index (χ0v) is 79.9. The first kappa shape index (κ1) is 118. The Kier molecular flexibility index (Phi) is 85.2. The van der Waals surface area contributed by atoms with Gasteiger partial charge in [0, 0.05) is 51.6 Å². The van der Waals surface area contributed by atoms with E-state index in [0.717, 1.165) is 116 Å². The van der Waals surface area contributed by atoms with Gasteiger partial charge >= 0.3 is 27.6 Å². The molecule has 0 heterocycles. The van der Waals surface area contributed by atoms with Gasteiger partial charge in [0.15, 0.2) is 6.10 Å². The van der Waals surface area contributed by atoms with Crippen LogP contribution in [0.15, 0.2) is 25.3 Å². The molecule has 24 heteroatoms.